The smallest absolute Gasteiger partial charge is 0.0924 e. The summed E-state index contributed by atoms with van der Waals surface area (Å²) in [5.41, 5.74) is 0. The molecular formula is C8H9ClOS. The number of hydrogen-bond donors (Lipinski definition) is 1. The predicted octanol–water partition coefficient (Wildman–Crippen LogP) is 2.84. The first-order valence-electron chi connectivity index (χ1n) is 3.70. The summed E-state index contributed by atoms with van der Waals surface area (Å²) in [6.45, 7) is 0. The second kappa shape index (κ2) is 2.77. The lowest BCUT2D eigenvalue weighted by molar-refractivity contribution is 0.157. The minimum atomic E-state index is -0.303. The molecule has 60 valence electrons. The van der Waals surface area contributed by atoms with E-state index in [9.17, 15) is 5.11 Å². The van der Waals surface area contributed by atoms with Crippen molar-refractivity contribution in [2.75, 3.05) is 0 Å². The molecular weight excluding hydrogens is 180 g/mol. The van der Waals surface area contributed by atoms with Gasteiger partial charge in [0.15, 0.2) is 0 Å². The van der Waals surface area contributed by atoms with Gasteiger partial charge in [0, 0.05) is 0 Å². The van der Waals surface area contributed by atoms with Gasteiger partial charge in [-0.25, -0.2) is 0 Å². The average molecular weight is 189 g/mol. The van der Waals surface area contributed by atoms with E-state index >= 15 is 0 Å². The van der Waals surface area contributed by atoms with Gasteiger partial charge < -0.3 is 5.11 Å². The van der Waals surface area contributed by atoms with E-state index in [4.69, 9.17) is 11.6 Å². The van der Waals surface area contributed by atoms with E-state index in [1.165, 1.54) is 0 Å². The van der Waals surface area contributed by atoms with Gasteiger partial charge in [0.2, 0.25) is 0 Å². The van der Waals surface area contributed by atoms with Crippen molar-refractivity contribution in [3.05, 3.63) is 21.3 Å². The topological polar surface area (TPSA) is 20.2 Å². The van der Waals surface area contributed by atoms with Crippen LogP contribution in [0.1, 0.15) is 23.8 Å². The SMILES string of the molecule is OC(c1sccc1Cl)C1CC1. The molecule has 0 bridgehead atoms. The first-order valence-corrected chi connectivity index (χ1v) is 4.96. The van der Waals surface area contributed by atoms with Crippen LogP contribution in [-0.4, -0.2) is 5.11 Å². The number of hydrogen-bond acceptors (Lipinski definition) is 2. The van der Waals surface area contributed by atoms with Crippen molar-refractivity contribution in [3.63, 3.8) is 0 Å². The summed E-state index contributed by atoms with van der Waals surface area (Å²) in [5, 5.41) is 12.3. The molecule has 0 aromatic carbocycles. The Bertz CT molecular complexity index is 254. The Morgan fingerprint density at radius 3 is 2.82 bits per heavy atom. The van der Waals surface area contributed by atoms with Crippen LogP contribution in [0.4, 0.5) is 0 Å². The van der Waals surface area contributed by atoms with E-state index in [2.05, 4.69) is 0 Å². The van der Waals surface area contributed by atoms with Crippen LogP contribution >= 0.6 is 22.9 Å². The van der Waals surface area contributed by atoms with E-state index in [-0.39, 0.29) is 6.10 Å². The van der Waals surface area contributed by atoms with Crippen LogP contribution in [-0.2, 0) is 0 Å². The van der Waals surface area contributed by atoms with Crippen molar-refractivity contribution < 1.29 is 5.11 Å². The first kappa shape index (κ1) is 7.59. The number of halogens is 1. The first-order chi connectivity index (χ1) is 5.29. The van der Waals surface area contributed by atoms with Crippen LogP contribution in [0, 0.1) is 5.92 Å². The van der Waals surface area contributed by atoms with Crippen molar-refractivity contribution in [2.45, 2.75) is 18.9 Å². The Hall–Kier alpha value is -0.0500. The highest BCUT2D eigenvalue weighted by molar-refractivity contribution is 7.10. The molecule has 1 heterocycles. The van der Waals surface area contributed by atoms with E-state index in [1.807, 2.05) is 11.4 Å². The summed E-state index contributed by atoms with van der Waals surface area (Å²) in [6, 6.07) is 1.84. The largest absolute Gasteiger partial charge is 0.387 e. The van der Waals surface area contributed by atoms with Gasteiger partial charge >= 0.3 is 0 Å². The number of aliphatic hydroxyl groups is 1. The summed E-state index contributed by atoms with van der Waals surface area (Å²) in [5.74, 6) is 0.478. The third-order valence-corrected chi connectivity index (χ3v) is 3.41. The molecule has 0 aliphatic heterocycles. The van der Waals surface area contributed by atoms with Gasteiger partial charge in [0.1, 0.15) is 0 Å². The van der Waals surface area contributed by atoms with Crippen molar-refractivity contribution >= 4 is 22.9 Å². The molecule has 1 aromatic rings. The Morgan fingerprint density at radius 1 is 1.64 bits per heavy atom. The fraction of sp³-hybridized carbons (Fsp3) is 0.500. The van der Waals surface area contributed by atoms with E-state index in [0.717, 1.165) is 22.7 Å². The molecule has 3 heteroatoms. The summed E-state index contributed by atoms with van der Waals surface area (Å²) >= 11 is 7.40. The highest BCUT2D eigenvalue weighted by atomic mass is 35.5. The minimum absolute atomic E-state index is 0.303. The predicted molar refractivity (Wildman–Crippen MR) is 47.0 cm³/mol. The molecule has 1 aliphatic carbocycles. The average Bonchev–Trinajstić information content (AvgIpc) is 2.74. The molecule has 1 fully saturated rings. The standard InChI is InChI=1S/C8H9ClOS/c9-6-3-4-11-8(6)7(10)5-1-2-5/h3-5,7,10H,1-2H2. The highest BCUT2D eigenvalue weighted by Gasteiger charge is 2.32. The van der Waals surface area contributed by atoms with Gasteiger partial charge in [-0.2, -0.15) is 0 Å². The molecule has 1 aromatic heterocycles. The normalized spacial score (nSPS) is 20.2. The zero-order chi connectivity index (χ0) is 7.84. The van der Waals surface area contributed by atoms with Crippen LogP contribution < -0.4 is 0 Å². The third kappa shape index (κ3) is 1.43. The third-order valence-electron chi connectivity index (χ3n) is 1.98. The number of thiophene rings is 1. The van der Waals surface area contributed by atoms with E-state index < -0.39 is 0 Å². The summed E-state index contributed by atoms with van der Waals surface area (Å²) in [4.78, 5) is 0.939. The Labute approximate surface area is 74.6 Å². The van der Waals surface area contributed by atoms with Crippen LogP contribution in [0.15, 0.2) is 11.4 Å². The summed E-state index contributed by atoms with van der Waals surface area (Å²) in [7, 11) is 0. The maximum atomic E-state index is 9.66. The van der Waals surface area contributed by atoms with E-state index in [0.29, 0.717) is 5.92 Å². The second-order valence-corrected chi connectivity index (χ2v) is 4.27. The fourth-order valence-corrected chi connectivity index (χ4v) is 2.39. The number of rotatable bonds is 2. The molecule has 0 spiro atoms. The van der Waals surface area contributed by atoms with Crippen molar-refractivity contribution in [1.29, 1.82) is 0 Å². The monoisotopic (exact) mass is 188 g/mol. The quantitative estimate of drug-likeness (QED) is 0.757. The lowest BCUT2D eigenvalue weighted by atomic mass is 10.2. The van der Waals surface area contributed by atoms with Crippen molar-refractivity contribution in [2.24, 2.45) is 5.92 Å². The number of aliphatic hydroxyl groups excluding tert-OH is 1. The fourth-order valence-electron chi connectivity index (χ4n) is 1.14. The lowest BCUT2D eigenvalue weighted by Crippen LogP contribution is -1.96. The summed E-state index contributed by atoms with van der Waals surface area (Å²) in [6.07, 6.45) is 1.99. The van der Waals surface area contributed by atoms with Gasteiger partial charge in [0.05, 0.1) is 16.0 Å². The van der Waals surface area contributed by atoms with Gasteiger partial charge in [-0.3, -0.25) is 0 Å². The molecule has 1 nitrogen and oxygen atoms in total. The molecule has 2 rings (SSSR count). The summed E-state index contributed by atoms with van der Waals surface area (Å²) < 4.78 is 0. The maximum Gasteiger partial charge on any atom is 0.0924 e. The zero-order valence-electron chi connectivity index (χ0n) is 5.96. The van der Waals surface area contributed by atoms with Crippen molar-refractivity contribution in [1.82, 2.24) is 0 Å². The molecule has 0 radical (unpaired) electrons. The molecule has 1 aliphatic rings. The molecule has 1 unspecified atom stereocenters. The molecule has 0 saturated heterocycles. The van der Waals surface area contributed by atoms with Crippen LogP contribution in [0.3, 0.4) is 0 Å². The molecule has 1 atom stereocenters. The Kier molecular flexibility index (Phi) is 1.91. The molecule has 11 heavy (non-hydrogen) atoms. The lowest BCUT2D eigenvalue weighted by Gasteiger charge is -2.05. The van der Waals surface area contributed by atoms with Crippen LogP contribution in [0.5, 0.6) is 0 Å². The van der Waals surface area contributed by atoms with E-state index in [1.54, 1.807) is 11.3 Å². The Morgan fingerprint density at radius 2 is 2.36 bits per heavy atom. The highest BCUT2D eigenvalue weighted by Crippen LogP contribution is 2.44. The van der Waals surface area contributed by atoms with Gasteiger partial charge in [0.25, 0.3) is 0 Å². The second-order valence-electron chi connectivity index (χ2n) is 2.92. The van der Waals surface area contributed by atoms with Crippen molar-refractivity contribution in [3.8, 4) is 0 Å². The molecule has 0 amide bonds. The molecule has 1 N–H and O–H groups in total. The molecule has 1 saturated carbocycles. The van der Waals surface area contributed by atoms with Gasteiger partial charge in [-0.15, -0.1) is 11.3 Å². The minimum Gasteiger partial charge on any atom is -0.387 e. The Balaban J connectivity index is 2.20. The van der Waals surface area contributed by atoms with Gasteiger partial charge in [-0.1, -0.05) is 11.6 Å². The van der Waals surface area contributed by atoms with Crippen LogP contribution in [0.25, 0.3) is 0 Å². The zero-order valence-corrected chi connectivity index (χ0v) is 7.53. The maximum absolute atomic E-state index is 9.66. The van der Waals surface area contributed by atoms with Crippen LogP contribution in [0.2, 0.25) is 5.02 Å². The van der Waals surface area contributed by atoms with Gasteiger partial charge in [-0.05, 0) is 30.2 Å².